The zero-order valence-electron chi connectivity index (χ0n) is 10.1. The molecule has 0 aromatic heterocycles. The van der Waals surface area contributed by atoms with Crippen molar-refractivity contribution < 1.29 is 14.7 Å². The highest BCUT2D eigenvalue weighted by molar-refractivity contribution is 6.33. The Hall–Kier alpha value is -2.13. The number of rotatable bonds is 3. The normalized spacial score (nSPS) is 10.2. The number of halogens is 1. The molecule has 3 nitrogen and oxygen atoms in total. The number of carboxylic acids is 1. The molecule has 2 aromatic carbocycles. The standard InChI is InChI=1S/C15H10ClO3/c1-9-6-13(14(16)7-12(9)8-17)10-2-4-11(5-3-10)15(18)19/h2-7H,1H3,(H,18,19). The van der Waals surface area contributed by atoms with Crippen LogP contribution in [-0.2, 0) is 4.79 Å². The Balaban J connectivity index is 2.49. The third-order valence-corrected chi connectivity index (χ3v) is 3.18. The van der Waals surface area contributed by atoms with Gasteiger partial charge in [-0.15, -0.1) is 0 Å². The molecule has 0 unspecified atom stereocenters. The topological polar surface area (TPSA) is 54.4 Å². The van der Waals surface area contributed by atoms with Crippen LogP contribution in [-0.4, -0.2) is 17.4 Å². The summed E-state index contributed by atoms with van der Waals surface area (Å²) in [5.74, 6) is -0.972. The van der Waals surface area contributed by atoms with Crippen molar-refractivity contribution in [1.82, 2.24) is 0 Å². The van der Waals surface area contributed by atoms with Crippen LogP contribution in [0.2, 0.25) is 5.02 Å². The number of aryl methyl sites for hydroxylation is 1. The highest BCUT2D eigenvalue weighted by Crippen LogP contribution is 2.30. The van der Waals surface area contributed by atoms with E-state index in [1.807, 2.05) is 6.29 Å². The molecule has 0 amide bonds. The van der Waals surface area contributed by atoms with Gasteiger partial charge in [0, 0.05) is 16.1 Å². The molecular weight excluding hydrogens is 264 g/mol. The van der Waals surface area contributed by atoms with E-state index in [0.717, 1.165) is 16.7 Å². The van der Waals surface area contributed by atoms with Crippen molar-refractivity contribution in [2.24, 2.45) is 0 Å². The Kier molecular flexibility index (Phi) is 3.67. The van der Waals surface area contributed by atoms with Crippen molar-refractivity contribution in [3.8, 4) is 11.1 Å². The zero-order chi connectivity index (χ0) is 14.0. The van der Waals surface area contributed by atoms with Crippen LogP contribution in [0.1, 0.15) is 21.5 Å². The predicted octanol–water partition coefficient (Wildman–Crippen LogP) is 3.47. The fraction of sp³-hybridized carbons (Fsp3) is 0.0667. The average molecular weight is 274 g/mol. The summed E-state index contributed by atoms with van der Waals surface area (Å²) in [6.07, 6.45) is 1.83. The molecule has 0 aliphatic heterocycles. The molecule has 19 heavy (non-hydrogen) atoms. The fourth-order valence-electron chi connectivity index (χ4n) is 1.81. The second-order valence-electron chi connectivity index (χ2n) is 4.13. The maximum absolute atomic E-state index is 10.8. The van der Waals surface area contributed by atoms with Crippen molar-refractivity contribution in [3.05, 3.63) is 58.1 Å². The third-order valence-electron chi connectivity index (χ3n) is 2.87. The van der Waals surface area contributed by atoms with Crippen LogP contribution in [0.4, 0.5) is 0 Å². The molecule has 0 aliphatic carbocycles. The summed E-state index contributed by atoms with van der Waals surface area (Å²) < 4.78 is 0. The summed E-state index contributed by atoms with van der Waals surface area (Å²) in [7, 11) is 0. The van der Waals surface area contributed by atoms with E-state index in [9.17, 15) is 9.59 Å². The second kappa shape index (κ2) is 5.24. The van der Waals surface area contributed by atoms with E-state index < -0.39 is 5.97 Å². The van der Waals surface area contributed by atoms with Crippen LogP contribution >= 0.6 is 11.6 Å². The van der Waals surface area contributed by atoms with Crippen molar-refractivity contribution in [2.75, 3.05) is 0 Å². The molecule has 0 fully saturated rings. The van der Waals surface area contributed by atoms with Gasteiger partial charge in [0.05, 0.1) is 5.56 Å². The van der Waals surface area contributed by atoms with E-state index in [2.05, 4.69) is 0 Å². The Labute approximate surface area is 115 Å². The van der Waals surface area contributed by atoms with Crippen molar-refractivity contribution >= 4 is 23.9 Å². The van der Waals surface area contributed by atoms with Crippen LogP contribution in [0, 0.1) is 6.92 Å². The lowest BCUT2D eigenvalue weighted by Gasteiger charge is -2.08. The molecule has 0 saturated carbocycles. The Morgan fingerprint density at radius 1 is 1.21 bits per heavy atom. The fourth-order valence-corrected chi connectivity index (χ4v) is 2.08. The molecule has 1 radical (unpaired) electrons. The number of carbonyl (C=O) groups excluding carboxylic acids is 1. The van der Waals surface area contributed by atoms with E-state index in [0.29, 0.717) is 10.6 Å². The molecule has 0 saturated heterocycles. The molecule has 2 rings (SSSR count). The first kappa shape index (κ1) is 13.3. The van der Waals surface area contributed by atoms with Crippen molar-refractivity contribution in [2.45, 2.75) is 6.92 Å². The molecule has 1 N–H and O–H groups in total. The summed E-state index contributed by atoms with van der Waals surface area (Å²) in [6, 6.07) is 9.76. The smallest absolute Gasteiger partial charge is 0.335 e. The largest absolute Gasteiger partial charge is 0.478 e. The van der Waals surface area contributed by atoms with Gasteiger partial charge in [-0.2, -0.15) is 0 Å². The second-order valence-corrected chi connectivity index (χ2v) is 4.54. The lowest BCUT2D eigenvalue weighted by molar-refractivity contribution is 0.0697. The van der Waals surface area contributed by atoms with Gasteiger partial charge in [0.25, 0.3) is 0 Å². The van der Waals surface area contributed by atoms with Crippen LogP contribution in [0.5, 0.6) is 0 Å². The Morgan fingerprint density at radius 3 is 2.37 bits per heavy atom. The number of aromatic carboxylic acids is 1. The molecule has 0 spiro atoms. The van der Waals surface area contributed by atoms with Crippen LogP contribution in [0.3, 0.4) is 0 Å². The molecule has 0 heterocycles. The van der Waals surface area contributed by atoms with Gasteiger partial charge < -0.3 is 5.11 Å². The summed E-state index contributed by atoms with van der Waals surface area (Å²) in [5.41, 5.74) is 2.98. The maximum Gasteiger partial charge on any atom is 0.335 e. The minimum atomic E-state index is -0.972. The van der Waals surface area contributed by atoms with E-state index in [4.69, 9.17) is 16.7 Å². The zero-order valence-corrected chi connectivity index (χ0v) is 10.9. The number of carbonyl (C=O) groups is 1. The quantitative estimate of drug-likeness (QED) is 0.931. The molecule has 4 heteroatoms. The highest BCUT2D eigenvalue weighted by Gasteiger charge is 2.09. The van der Waals surface area contributed by atoms with Crippen molar-refractivity contribution in [1.29, 1.82) is 0 Å². The highest BCUT2D eigenvalue weighted by atomic mass is 35.5. The van der Waals surface area contributed by atoms with E-state index in [1.54, 1.807) is 31.2 Å². The summed E-state index contributed by atoms with van der Waals surface area (Å²) in [5, 5.41) is 9.28. The van der Waals surface area contributed by atoms with Gasteiger partial charge in [0.15, 0.2) is 0 Å². The van der Waals surface area contributed by atoms with Gasteiger partial charge in [-0.25, -0.2) is 4.79 Å². The SMILES string of the molecule is Cc1cc(-c2ccc(C(=O)O)cc2)c(Cl)cc1[C]=O. The first-order chi connectivity index (χ1) is 9.02. The Bertz CT molecular complexity index is 645. The summed E-state index contributed by atoms with van der Waals surface area (Å²) in [4.78, 5) is 21.5. The molecule has 95 valence electrons. The molecule has 2 aromatic rings. The van der Waals surface area contributed by atoms with E-state index in [-0.39, 0.29) is 5.56 Å². The summed E-state index contributed by atoms with van der Waals surface area (Å²) >= 11 is 6.12. The van der Waals surface area contributed by atoms with Gasteiger partial charge in [-0.1, -0.05) is 23.7 Å². The van der Waals surface area contributed by atoms with Crippen LogP contribution < -0.4 is 0 Å². The number of carboxylic acid groups (broad SMARTS) is 1. The third kappa shape index (κ3) is 2.66. The van der Waals surface area contributed by atoms with E-state index in [1.165, 1.54) is 12.1 Å². The van der Waals surface area contributed by atoms with Gasteiger partial charge in [-0.3, -0.25) is 4.79 Å². The molecule has 0 bridgehead atoms. The average Bonchev–Trinajstić information content (AvgIpc) is 2.41. The monoisotopic (exact) mass is 273 g/mol. The number of hydrogen-bond donors (Lipinski definition) is 1. The first-order valence-corrected chi connectivity index (χ1v) is 5.92. The van der Waals surface area contributed by atoms with Gasteiger partial charge in [-0.05, 0) is 42.3 Å². The van der Waals surface area contributed by atoms with Gasteiger partial charge in [0.2, 0.25) is 6.29 Å². The van der Waals surface area contributed by atoms with Crippen LogP contribution in [0.25, 0.3) is 11.1 Å². The number of benzene rings is 2. The minimum Gasteiger partial charge on any atom is -0.478 e. The molecule has 0 atom stereocenters. The lowest BCUT2D eigenvalue weighted by atomic mass is 9.99. The van der Waals surface area contributed by atoms with E-state index >= 15 is 0 Å². The molecule has 0 aliphatic rings. The van der Waals surface area contributed by atoms with Gasteiger partial charge in [0.1, 0.15) is 0 Å². The van der Waals surface area contributed by atoms with Crippen LogP contribution in [0.15, 0.2) is 36.4 Å². The predicted molar refractivity (Wildman–Crippen MR) is 73.4 cm³/mol. The van der Waals surface area contributed by atoms with Gasteiger partial charge >= 0.3 is 5.97 Å². The van der Waals surface area contributed by atoms with Crippen molar-refractivity contribution in [3.63, 3.8) is 0 Å². The lowest BCUT2D eigenvalue weighted by Crippen LogP contribution is -1.95. The Morgan fingerprint density at radius 2 is 1.84 bits per heavy atom. The number of hydrogen-bond acceptors (Lipinski definition) is 2. The summed E-state index contributed by atoms with van der Waals surface area (Å²) in [6.45, 7) is 1.80. The molecular formula is C15H10ClO3. The first-order valence-electron chi connectivity index (χ1n) is 5.55. The maximum atomic E-state index is 10.8. The minimum absolute atomic E-state index is 0.217.